The van der Waals surface area contributed by atoms with E-state index in [1.165, 1.54) is 39.4 Å². The first-order valence-electron chi connectivity index (χ1n) is 8.96. The summed E-state index contributed by atoms with van der Waals surface area (Å²) >= 11 is 2.77. The first kappa shape index (κ1) is 22.6. The van der Waals surface area contributed by atoms with Crippen LogP contribution < -0.4 is 0 Å². The van der Waals surface area contributed by atoms with Gasteiger partial charge in [0.15, 0.2) is 0 Å². The van der Waals surface area contributed by atoms with Gasteiger partial charge in [0.25, 0.3) is 0 Å². The number of amides is 1. The van der Waals surface area contributed by atoms with Crippen molar-refractivity contribution in [3.63, 3.8) is 0 Å². The molecule has 0 saturated heterocycles. The van der Waals surface area contributed by atoms with E-state index in [-0.39, 0.29) is 6.03 Å². The van der Waals surface area contributed by atoms with Gasteiger partial charge >= 0.3 is 6.03 Å². The molecule has 164 valence electrons. The first-order valence-corrected chi connectivity index (χ1v) is 10.6. The normalized spacial score (nSPS) is 10.6. The molecular weight excluding hydrogens is 442 g/mol. The van der Waals surface area contributed by atoms with Crippen LogP contribution in [0.2, 0.25) is 0 Å². The SMILES string of the molecule is Cc1noc(C)c1Sc1nc[nH]n1.Cc1noc(C)c1Sc1ncn(C(=O)N(C)C)n1. The molecular formula is C17H21N9O3S2. The number of carbonyl (C=O) groups is 1. The highest BCUT2D eigenvalue weighted by Gasteiger charge is 2.15. The van der Waals surface area contributed by atoms with Gasteiger partial charge in [0.05, 0.1) is 21.2 Å². The third-order valence-corrected chi connectivity index (χ3v) is 6.09. The van der Waals surface area contributed by atoms with Gasteiger partial charge in [-0.1, -0.05) is 10.3 Å². The monoisotopic (exact) mass is 463 g/mol. The number of H-pyrrole nitrogens is 1. The quantitative estimate of drug-likeness (QED) is 0.476. The van der Waals surface area contributed by atoms with Crippen molar-refractivity contribution in [3.8, 4) is 0 Å². The van der Waals surface area contributed by atoms with Crippen molar-refractivity contribution in [2.45, 2.75) is 47.8 Å². The molecule has 0 aliphatic heterocycles. The highest BCUT2D eigenvalue weighted by atomic mass is 32.2. The molecule has 1 amide bonds. The van der Waals surface area contributed by atoms with Gasteiger partial charge in [0.1, 0.15) is 24.2 Å². The van der Waals surface area contributed by atoms with E-state index in [4.69, 9.17) is 9.05 Å². The Bertz CT molecular complexity index is 1110. The predicted molar refractivity (Wildman–Crippen MR) is 111 cm³/mol. The van der Waals surface area contributed by atoms with Crippen LogP contribution in [0.3, 0.4) is 0 Å². The van der Waals surface area contributed by atoms with Crippen molar-refractivity contribution in [1.29, 1.82) is 0 Å². The van der Waals surface area contributed by atoms with Crippen LogP contribution in [0.15, 0.2) is 41.8 Å². The zero-order chi connectivity index (χ0) is 22.5. The molecule has 4 heterocycles. The molecule has 4 aromatic rings. The average molecular weight is 464 g/mol. The van der Waals surface area contributed by atoms with Gasteiger partial charge in [-0.25, -0.2) is 14.8 Å². The van der Waals surface area contributed by atoms with Crippen LogP contribution in [0, 0.1) is 27.7 Å². The molecule has 0 spiro atoms. The average Bonchev–Trinajstić information content (AvgIpc) is 3.53. The Labute approximate surface area is 186 Å². The summed E-state index contributed by atoms with van der Waals surface area (Å²) in [6.07, 6.45) is 2.93. The maximum Gasteiger partial charge on any atom is 0.345 e. The lowest BCUT2D eigenvalue weighted by molar-refractivity contribution is 0.215. The molecule has 0 aromatic carbocycles. The molecule has 0 radical (unpaired) electrons. The van der Waals surface area contributed by atoms with Gasteiger partial charge < -0.3 is 13.9 Å². The van der Waals surface area contributed by atoms with Crippen molar-refractivity contribution in [2.75, 3.05) is 14.1 Å². The highest BCUT2D eigenvalue weighted by molar-refractivity contribution is 7.99. The Morgan fingerprint density at radius 2 is 1.55 bits per heavy atom. The second-order valence-corrected chi connectivity index (χ2v) is 8.40. The molecule has 0 fully saturated rings. The summed E-state index contributed by atoms with van der Waals surface area (Å²) in [7, 11) is 3.32. The van der Waals surface area contributed by atoms with Crippen LogP contribution in [-0.2, 0) is 0 Å². The lowest BCUT2D eigenvalue weighted by atomic mass is 10.4. The molecule has 4 rings (SSSR count). The molecule has 0 bridgehead atoms. The Morgan fingerprint density at radius 3 is 2.00 bits per heavy atom. The number of nitrogens with zero attached hydrogens (tertiary/aromatic N) is 8. The Hall–Kier alpha value is -3.13. The molecule has 1 N–H and O–H groups in total. The van der Waals surface area contributed by atoms with Crippen LogP contribution in [-0.4, -0.2) is 65.3 Å². The summed E-state index contributed by atoms with van der Waals surface area (Å²) in [5.41, 5.74) is 1.65. The van der Waals surface area contributed by atoms with E-state index < -0.39 is 0 Å². The van der Waals surface area contributed by atoms with E-state index in [2.05, 4.69) is 35.6 Å². The number of rotatable bonds is 4. The van der Waals surface area contributed by atoms with E-state index in [1.807, 2.05) is 27.7 Å². The summed E-state index contributed by atoms with van der Waals surface area (Å²) in [4.78, 5) is 23.0. The van der Waals surface area contributed by atoms with Crippen LogP contribution in [0.1, 0.15) is 22.9 Å². The molecule has 14 heteroatoms. The number of hydrogen-bond acceptors (Lipinski definition) is 11. The van der Waals surface area contributed by atoms with Crippen molar-refractivity contribution in [3.05, 3.63) is 35.6 Å². The molecule has 0 aliphatic carbocycles. The van der Waals surface area contributed by atoms with E-state index in [0.29, 0.717) is 16.1 Å². The number of nitrogens with one attached hydrogen (secondary N) is 1. The first-order chi connectivity index (χ1) is 14.8. The largest absolute Gasteiger partial charge is 0.360 e. The van der Waals surface area contributed by atoms with Gasteiger partial charge in [0.2, 0.25) is 10.3 Å². The Morgan fingerprint density at radius 1 is 0.968 bits per heavy atom. The minimum atomic E-state index is -0.242. The molecule has 0 unspecified atom stereocenters. The number of aromatic nitrogens is 8. The summed E-state index contributed by atoms with van der Waals surface area (Å²) < 4.78 is 11.3. The third-order valence-electron chi connectivity index (χ3n) is 3.76. The van der Waals surface area contributed by atoms with Gasteiger partial charge in [-0.05, 0) is 51.2 Å². The van der Waals surface area contributed by atoms with E-state index >= 15 is 0 Å². The minimum absolute atomic E-state index is 0.242. The van der Waals surface area contributed by atoms with Crippen molar-refractivity contribution in [2.24, 2.45) is 0 Å². The standard InChI is InChI=1S/C10H13N5O2S.C7H8N4OS/c1-6-8(7(2)17-13-6)18-9-11-5-15(12-9)10(16)14(3)4;1-4-6(5(2)12-11-4)13-7-8-3-9-10-7/h5H,1-4H3;3H,1-2H3,(H,8,9,10). The van der Waals surface area contributed by atoms with Crippen LogP contribution in [0.25, 0.3) is 0 Å². The van der Waals surface area contributed by atoms with Crippen molar-refractivity contribution < 1.29 is 13.8 Å². The second-order valence-electron chi connectivity index (χ2n) is 6.44. The van der Waals surface area contributed by atoms with Crippen LogP contribution in [0.4, 0.5) is 4.79 Å². The van der Waals surface area contributed by atoms with Crippen LogP contribution in [0.5, 0.6) is 0 Å². The number of hydrogen-bond donors (Lipinski definition) is 1. The van der Waals surface area contributed by atoms with Gasteiger partial charge in [-0.3, -0.25) is 5.10 Å². The topological polar surface area (TPSA) is 145 Å². The van der Waals surface area contributed by atoms with Crippen LogP contribution >= 0.6 is 23.5 Å². The van der Waals surface area contributed by atoms with E-state index in [1.54, 1.807) is 20.4 Å². The fourth-order valence-corrected chi connectivity index (χ4v) is 3.79. The van der Waals surface area contributed by atoms with Gasteiger partial charge in [0, 0.05) is 14.1 Å². The summed E-state index contributed by atoms with van der Waals surface area (Å²) in [5.74, 6) is 1.51. The fourth-order valence-electron chi connectivity index (χ4n) is 2.26. The van der Waals surface area contributed by atoms with E-state index in [9.17, 15) is 4.79 Å². The molecule has 0 aliphatic rings. The lowest BCUT2D eigenvalue weighted by Crippen LogP contribution is -2.27. The van der Waals surface area contributed by atoms with Gasteiger partial charge in [-0.2, -0.15) is 4.68 Å². The fraction of sp³-hybridized carbons (Fsp3) is 0.353. The maximum absolute atomic E-state index is 11.6. The number of aryl methyl sites for hydroxylation is 4. The number of aromatic amines is 1. The maximum atomic E-state index is 11.6. The van der Waals surface area contributed by atoms with Gasteiger partial charge in [-0.15, -0.1) is 10.2 Å². The van der Waals surface area contributed by atoms with E-state index in [0.717, 1.165) is 26.9 Å². The van der Waals surface area contributed by atoms with Crippen molar-refractivity contribution >= 4 is 29.6 Å². The minimum Gasteiger partial charge on any atom is -0.360 e. The third kappa shape index (κ3) is 5.52. The highest BCUT2D eigenvalue weighted by Crippen LogP contribution is 2.30. The van der Waals surface area contributed by atoms with Crippen molar-refractivity contribution in [1.82, 2.24) is 45.2 Å². The smallest absolute Gasteiger partial charge is 0.345 e. The second kappa shape index (κ2) is 9.78. The predicted octanol–water partition coefficient (Wildman–Crippen LogP) is 3.12. The lowest BCUT2D eigenvalue weighted by Gasteiger charge is -2.07. The zero-order valence-corrected chi connectivity index (χ0v) is 19.4. The summed E-state index contributed by atoms with van der Waals surface area (Å²) in [6, 6.07) is -0.242. The molecule has 12 nitrogen and oxygen atoms in total. The molecule has 4 aromatic heterocycles. The molecule has 31 heavy (non-hydrogen) atoms. The Balaban J connectivity index is 0.000000185. The molecule has 0 atom stereocenters. The summed E-state index contributed by atoms with van der Waals surface area (Å²) in [5, 5.41) is 19.5. The molecule has 0 saturated carbocycles. The zero-order valence-electron chi connectivity index (χ0n) is 17.8. The number of carbonyl (C=O) groups excluding carboxylic acids is 1. The Kier molecular flexibility index (Phi) is 7.12. The summed E-state index contributed by atoms with van der Waals surface area (Å²) in [6.45, 7) is 7.44.